The molecule has 0 aliphatic carbocycles. The molecular weight excluding hydrogens is 198 g/mol. The van der Waals surface area contributed by atoms with Crippen LogP contribution in [0.1, 0.15) is 52.9 Å². The summed E-state index contributed by atoms with van der Waals surface area (Å²) in [6.07, 6.45) is 6.73. The molecule has 16 heavy (non-hydrogen) atoms. The monoisotopic (exact) mass is 225 g/mol. The van der Waals surface area contributed by atoms with Crippen molar-refractivity contribution in [3.63, 3.8) is 0 Å². The van der Waals surface area contributed by atoms with E-state index in [4.69, 9.17) is 4.74 Å². The molecule has 1 rings (SSSR count). The second-order valence-corrected chi connectivity index (χ2v) is 5.12. The summed E-state index contributed by atoms with van der Waals surface area (Å²) in [4.78, 5) is 0. The number of rotatable bonds is 7. The molecule has 0 aromatic heterocycles. The van der Waals surface area contributed by atoms with Crippen LogP contribution in [0, 0.1) is 0 Å². The maximum atomic E-state index is 5.96. The summed E-state index contributed by atoms with van der Waals surface area (Å²) in [6, 6.07) is 0.515. The van der Waals surface area contributed by atoms with Gasteiger partial charge < -0.3 is 10.1 Å². The SMILES string of the molecule is C=C(C)CCC(NCCC)C1CCC(C)O1. The fraction of sp³-hybridized carbons (Fsp3) is 0.857. The van der Waals surface area contributed by atoms with Gasteiger partial charge in [0, 0.05) is 6.04 Å². The Bertz CT molecular complexity index is 215. The first-order chi connectivity index (χ1) is 7.63. The molecule has 1 aliphatic heterocycles. The van der Waals surface area contributed by atoms with Crippen molar-refractivity contribution < 1.29 is 4.74 Å². The first kappa shape index (κ1) is 13.7. The van der Waals surface area contributed by atoms with Crippen LogP contribution in [0.4, 0.5) is 0 Å². The van der Waals surface area contributed by atoms with Crippen molar-refractivity contribution in [2.75, 3.05) is 6.54 Å². The molecule has 3 atom stereocenters. The van der Waals surface area contributed by atoms with E-state index < -0.39 is 0 Å². The molecule has 1 heterocycles. The van der Waals surface area contributed by atoms with E-state index in [0.717, 1.165) is 19.4 Å². The molecule has 2 heteroatoms. The lowest BCUT2D eigenvalue weighted by molar-refractivity contribution is 0.0302. The molecule has 0 spiro atoms. The molecule has 0 radical (unpaired) electrons. The first-order valence-electron chi connectivity index (χ1n) is 6.66. The van der Waals surface area contributed by atoms with Crippen molar-refractivity contribution in [1.29, 1.82) is 0 Å². The molecule has 1 fully saturated rings. The smallest absolute Gasteiger partial charge is 0.0732 e. The number of hydrogen-bond donors (Lipinski definition) is 1. The van der Waals surface area contributed by atoms with Gasteiger partial charge in [-0.25, -0.2) is 0 Å². The maximum Gasteiger partial charge on any atom is 0.0732 e. The minimum Gasteiger partial charge on any atom is -0.374 e. The van der Waals surface area contributed by atoms with Gasteiger partial charge in [0.05, 0.1) is 12.2 Å². The highest BCUT2D eigenvalue weighted by Crippen LogP contribution is 2.24. The quantitative estimate of drug-likeness (QED) is 0.671. The zero-order valence-corrected chi connectivity index (χ0v) is 11.1. The Labute approximate surface area is 100 Å². The van der Waals surface area contributed by atoms with Crippen LogP contribution >= 0.6 is 0 Å². The third-order valence-electron chi connectivity index (χ3n) is 3.25. The van der Waals surface area contributed by atoms with E-state index in [2.05, 4.69) is 32.7 Å². The highest BCUT2D eigenvalue weighted by Gasteiger charge is 2.28. The topological polar surface area (TPSA) is 21.3 Å². The highest BCUT2D eigenvalue weighted by atomic mass is 16.5. The maximum absolute atomic E-state index is 5.96. The van der Waals surface area contributed by atoms with Gasteiger partial charge in [0.2, 0.25) is 0 Å². The van der Waals surface area contributed by atoms with E-state index in [1.165, 1.54) is 24.8 Å². The molecule has 0 saturated carbocycles. The minimum absolute atomic E-state index is 0.417. The normalized spacial score (nSPS) is 26.9. The van der Waals surface area contributed by atoms with Crippen LogP contribution < -0.4 is 5.32 Å². The molecule has 0 aromatic carbocycles. The van der Waals surface area contributed by atoms with Gasteiger partial charge in [-0.15, -0.1) is 6.58 Å². The van der Waals surface area contributed by atoms with Gasteiger partial charge >= 0.3 is 0 Å². The summed E-state index contributed by atoms with van der Waals surface area (Å²) in [5.74, 6) is 0. The lowest BCUT2D eigenvalue weighted by Gasteiger charge is -2.25. The molecule has 3 unspecified atom stereocenters. The van der Waals surface area contributed by atoms with Crippen molar-refractivity contribution in [2.24, 2.45) is 0 Å². The largest absolute Gasteiger partial charge is 0.374 e. The summed E-state index contributed by atoms with van der Waals surface area (Å²) in [5.41, 5.74) is 1.27. The molecule has 0 bridgehead atoms. The summed E-state index contributed by atoms with van der Waals surface area (Å²) >= 11 is 0. The van der Waals surface area contributed by atoms with Gasteiger partial charge in [-0.1, -0.05) is 12.5 Å². The third-order valence-corrected chi connectivity index (χ3v) is 3.25. The Morgan fingerprint density at radius 1 is 1.50 bits per heavy atom. The molecule has 94 valence electrons. The number of nitrogens with one attached hydrogen (secondary N) is 1. The Morgan fingerprint density at radius 2 is 2.25 bits per heavy atom. The number of allylic oxidation sites excluding steroid dienone is 1. The minimum atomic E-state index is 0.417. The second-order valence-electron chi connectivity index (χ2n) is 5.12. The summed E-state index contributed by atoms with van der Waals surface area (Å²) in [6.45, 7) is 11.6. The fourth-order valence-corrected chi connectivity index (χ4v) is 2.28. The van der Waals surface area contributed by atoms with Gasteiger partial charge in [-0.2, -0.15) is 0 Å². The van der Waals surface area contributed by atoms with Crippen LogP contribution in [0.3, 0.4) is 0 Å². The van der Waals surface area contributed by atoms with E-state index in [-0.39, 0.29) is 0 Å². The molecule has 1 saturated heterocycles. The van der Waals surface area contributed by atoms with Crippen LogP contribution in [-0.2, 0) is 4.74 Å². The third kappa shape index (κ3) is 4.67. The van der Waals surface area contributed by atoms with Gasteiger partial charge in [-0.05, 0) is 52.5 Å². The molecule has 0 amide bonds. The molecule has 1 aliphatic rings. The number of ether oxygens (including phenoxy) is 1. The summed E-state index contributed by atoms with van der Waals surface area (Å²) in [5, 5.41) is 3.62. The summed E-state index contributed by atoms with van der Waals surface area (Å²) < 4.78 is 5.96. The fourth-order valence-electron chi connectivity index (χ4n) is 2.28. The van der Waals surface area contributed by atoms with Gasteiger partial charge in [0.25, 0.3) is 0 Å². The van der Waals surface area contributed by atoms with Crippen molar-refractivity contribution in [3.8, 4) is 0 Å². The average Bonchev–Trinajstić information content (AvgIpc) is 2.64. The lowest BCUT2D eigenvalue weighted by atomic mass is 10.00. The van der Waals surface area contributed by atoms with E-state index >= 15 is 0 Å². The van der Waals surface area contributed by atoms with Crippen molar-refractivity contribution in [2.45, 2.75) is 71.1 Å². The Balaban J connectivity index is 2.39. The number of hydrogen-bond acceptors (Lipinski definition) is 2. The van der Waals surface area contributed by atoms with Gasteiger partial charge in [0.1, 0.15) is 0 Å². The molecular formula is C14H27NO. The summed E-state index contributed by atoms with van der Waals surface area (Å²) in [7, 11) is 0. The van der Waals surface area contributed by atoms with E-state index in [0.29, 0.717) is 18.2 Å². The molecule has 0 aromatic rings. The average molecular weight is 225 g/mol. The first-order valence-corrected chi connectivity index (χ1v) is 6.66. The van der Waals surface area contributed by atoms with Gasteiger partial charge in [-0.3, -0.25) is 0 Å². The predicted octanol–water partition coefficient (Wildman–Crippen LogP) is 3.28. The Kier molecular flexibility index (Phi) is 6.07. The Hall–Kier alpha value is -0.340. The van der Waals surface area contributed by atoms with Gasteiger partial charge in [0.15, 0.2) is 0 Å². The van der Waals surface area contributed by atoms with Crippen LogP contribution in [0.15, 0.2) is 12.2 Å². The van der Waals surface area contributed by atoms with Crippen LogP contribution in [0.25, 0.3) is 0 Å². The standard InChI is InChI=1S/C14H27NO/c1-5-10-15-13(8-6-11(2)3)14-9-7-12(4)16-14/h12-15H,2,5-10H2,1,3-4H3. The Morgan fingerprint density at radius 3 is 2.75 bits per heavy atom. The predicted molar refractivity (Wildman–Crippen MR) is 69.7 cm³/mol. The second kappa shape index (κ2) is 7.08. The molecule has 1 N–H and O–H groups in total. The van der Waals surface area contributed by atoms with E-state index in [1.807, 2.05) is 0 Å². The van der Waals surface area contributed by atoms with E-state index in [1.54, 1.807) is 0 Å². The van der Waals surface area contributed by atoms with Crippen LogP contribution in [0.5, 0.6) is 0 Å². The van der Waals surface area contributed by atoms with E-state index in [9.17, 15) is 0 Å². The highest BCUT2D eigenvalue weighted by molar-refractivity contribution is 4.92. The van der Waals surface area contributed by atoms with Crippen molar-refractivity contribution in [1.82, 2.24) is 5.32 Å². The van der Waals surface area contributed by atoms with Crippen LogP contribution in [-0.4, -0.2) is 24.8 Å². The van der Waals surface area contributed by atoms with Crippen molar-refractivity contribution in [3.05, 3.63) is 12.2 Å². The van der Waals surface area contributed by atoms with Crippen molar-refractivity contribution >= 4 is 0 Å². The molecule has 2 nitrogen and oxygen atoms in total. The lowest BCUT2D eigenvalue weighted by Crippen LogP contribution is -2.40. The van der Waals surface area contributed by atoms with Crippen LogP contribution in [0.2, 0.25) is 0 Å². The zero-order valence-electron chi connectivity index (χ0n) is 11.1. The zero-order chi connectivity index (χ0) is 12.0.